The predicted octanol–water partition coefficient (Wildman–Crippen LogP) is 3.34. The zero-order valence-electron chi connectivity index (χ0n) is 10.6. The van der Waals surface area contributed by atoms with Crippen LogP contribution >= 0.6 is 0 Å². The van der Waals surface area contributed by atoms with Crippen molar-refractivity contribution in [1.29, 1.82) is 0 Å². The van der Waals surface area contributed by atoms with E-state index in [1.807, 2.05) is 0 Å². The zero-order valence-corrected chi connectivity index (χ0v) is 10.6. The van der Waals surface area contributed by atoms with Gasteiger partial charge in [-0.15, -0.1) is 0 Å². The molecule has 3 nitrogen and oxygen atoms in total. The maximum atomic E-state index is 12.8. The monoisotopic (exact) mass is 280 g/mol. The minimum atomic E-state index is -4.55. The Morgan fingerprint density at radius 3 is 2.60 bits per heavy atom. The van der Waals surface area contributed by atoms with E-state index in [1.165, 1.54) is 35.2 Å². The fraction of sp³-hybridized carbons (Fsp3) is 0.143. The SMILES string of the molecule is Cn1cc(/C=C/C(=O)c2ccccc2C(F)(F)F)cn1. The molecular formula is C14H11F3N2O. The fourth-order valence-electron chi connectivity index (χ4n) is 1.73. The summed E-state index contributed by atoms with van der Waals surface area (Å²) in [5.74, 6) is -0.693. The maximum absolute atomic E-state index is 12.8. The molecule has 0 atom stereocenters. The average Bonchev–Trinajstić information content (AvgIpc) is 2.81. The Morgan fingerprint density at radius 2 is 2.00 bits per heavy atom. The number of allylic oxidation sites excluding steroid dienone is 1. The molecule has 0 bridgehead atoms. The largest absolute Gasteiger partial charge is 0.417 e. The molecule has 2 rings (SSSR count). The van der Waals surface area contributed by atoms with Crippen LogP contribution in [0.25, 0.3) is 6.08 Å². The van der Waals surface area contributed by atoms with Gasteiger partial charge in [-0.05, 0) is 18.2 Å². The van der Waals surface area contributed by atoms with E-state index in [2.05, 4.69) is 5.10 Å². The number of carbonyl (C=O) groups excluding carboxylic acids is 1. The van der Waals surface area contributed by atoms with Crippen molar-refractivity contribution < 1.29 is 18.0 Å². The van der Waals surface area contributed by atoms with Gasteiger partial charge in [0.1, 0.15) is 0 Å². The number of hydrogen-bond acceptors (Lipinski definition) is 2. The van der Waals surface area contributed by atoms with Crippen LogP contribution in [0.3, 0.4) is 0 Å². The molecule has 0 spiro atoms. The minimum Gasteiger partial charge on any atom is -0.289 e. The molecular weight excluding hydrogens is 269 g/mol. The highest BCUT2D eigenvalue weighted by Gasteiger charge is 2.34. The quantitative estimate of drug-likeness (QED) is 0.638. The van der Waals surface area contributed by atoms with E-state index in [0.717, 1.165) is 12.1 Å². The highest BCUT2D eigenvalue weighted by Crippen LogP contribution is 2.32. The van der Waals surface area contributed by atoms with Crippen molar-refractivity contribution in [2.75, 3.05) is 0 Å². The van der Waals surface area contributed by atoms with Gasteiger partial charge in [-0.1, -0.05) is 18.2 Å². The summed E-state index contributed by atoms with van der Waals surface area (Å²) >= 11 is 0. The number of aryl methyl sites for hydroxylation is 1. The van der Waals surface area contributed by atoms with E-state index < -0.39 is 17.5 Å². The number of benzene rings is 1. The molecule has 6 heteroatoms. The molecule has 0 unspecified atom stereocenters. The van der Waals surface area contributed by atoms with Crippen LogP contribution in [0.15, 0.2) is 42.7 Å². The summed E-state index contributed by atoms with van der Waals surface area (Å²) in [4.78, 5) is 11.9. The van der Waals surface area contributed by atoms with Crippen LogP contribution < -0.4 is 0 Å². The number of ketones is 1. The summed E-state index contributed by atoms with van der Waals surface area (Å²) in [7, 11) is 1.71. The van der Waals surface area contributed by atoms with Crippen molar-refractivity contribution in [2.45, 2.75) is 6.18 Å². The number of carbonyl (C=O) groups is 1. The van der Waals surface area contributed by atoms with E-state index >= 15 is 0 Å². The second-order valence-corrected chi connectivity index (χ2v) is 4.19. The molecule has 0 N–H and O–H groups in total. The van der Waals surface area contributed by atoms with E-state index in [4.69, 9.17) is 0 Å². The summed E-state index contributed by atoms with van der Waals surface area (Å²) in [6, 6.07) is 4.72. The Kier molecular flexibility index (Phi) is 3.74. The number of rotatable bonds is 3. The highest BCUT2D eigenvalue weighted by atomic mass is 19.4. The maximum Gasteiger partial charge on any atom is 0.417 e. The smallest absolute Gasteiger partial charge is 0.289 e. The molecule has 0 amide bonds. The standard InChI is InChI=1S/C14H11F3N2O/c1-19-9-10(8-18-19)6-7-13(20)11-4-2-3-5-12(11)14(15,16)17/h2-9H,1H3/b7-6+. The predicted molar refractivity (Wildman–Crippen MR) is 68.0 cm³/mol. The van der Waals surface area contributed by atoms with Gasteiger partial charge in [-0.3, -0.25) is 9.48 Å². The third-order valence-electron chi connectivity index (χ3n) is 2.65. The van der Waals surface area contributed by atoms with Crippen molar-refractivity contribution in [3.63, 3.8) is 0 Å². The van der Waals surface area contributed by atoms with Gasteiger partial charge in [0.25, 0.3) is 0 Å². The Balaban J connectivity index is 2.28. The molecule has 1 aromatic heterocycles. The first kappa shape index (κ1) is 14.0. The molecule has 0 saturated carbocycles. The molecule has 0 aliphatic heterocycles. The van der Waals surface area contributed by atoms with Gasteiger partial charge in [-0.2, -0.15) is 18.3 Å². The third-order valence-corrected chi connectivity index (χ3v) is 2.65. The van der Waals surface area contributed by atoms with Crippen molar-refractivity contribution in [3.8, 4) is 0 Å². The minimum absolute atomic E-state index is 0.361. The van der Waals surface area contributed by atoms with Crippen LogP contribution in [-0.2, 0) is 13.2 Å². The normalized spacial score (nSPS) is 12.0. The lowest BCUT2D eigenvalue weighted by atomic mass is 10.0. The number of hydrogen-bond donors (Lipinski definition) is 0. The Bertz CT molecular complexity index is 656. The van der Waals surface area contributed by atoms with Gasteiger partial charge >= 0.3 is 6.18 Å². The number of aromatic nitrogens is 2. The lowest BCUT2D eigenvalue weighted by molar-refractivity contribution is -0.137. The van der Waals surface area contributed by atoms with Gasteiger partial charge < -0.3 is 0 Å². The highest BCUT2D eigenvalue weighted by molar-refractivity contribution is 6.07. The molecule has 1 aromatic carbocycles. The van der Waals surface area contributed by atoms with E-state index in [9.17, 15) is 18.0 Å². The van der Waals surface area contributed by atoms with Crippen LogP contribution in [0.5, 0.6) is 0 Å². The summed E-state index contributed by atoms with van der Waals surface area (Å²) in [5, 5.41) is 3.90. The first-order valence-electron chi connectivity index (χ1n) is 5.75. The molecule has 2 aromatic rings. The molecule has 0 radical (unpaired) electrons. The molecule has 1 heterocycles. The lowest BCUT2D eigenvalue weighted by Gasteiger charge is -2.10. The molecule has 0 saturated heterocycles. The second-order valence-electron chi connectivity index (χ2n) is 4.19. The zero-order chi connectivity index (χ0) is 14.8. The molecule has 20 heavy (non-hydrogen) atoms. The summed E-state index contributed by atoms with van der Waals surface area (Å²) in [6.45, 7) is 0. The summed E-state index contributed by atoms with van der Waals surface area (Å²) in [6.07, 6.45) is 1.16. The molecule has 0 fully saturated rings. The van der Waals surface area contributed by atoms with Crippen molar-refractivity contribution in [1.82, 2.24) is 9.78 Å². The van der Waals surface area contributed by atoms with E-state index in [-0.39, 0.29) is 5.56 Å². The second kappa shape index (κ2) is 5.32. The summed E-state index contributed by atoms with van der Waals surface area (Å²) in [5.41, 5.74) is -0.647. The van der Waals surface area contributed by atoms with Crippen LogP contribution in [0.2, 0.25) is 0 Å². The average molecular weight is 280 g/mol. The number of nitrogens with zero attached hydrogens (tertiary/aromatic N) is 2. The number of alkyl halides is 3. The van der Waals surface area contributed by atoms with Crippen LogP contribution in [-0.4, -0.2) is 15.6 Å². The topological polar surface area (TPSA) is 34.9 Å². The van der Waals surface area contributed by atoms with Crippen LogP contribution in [0.4, 0.5) is 13.2 Å². The lowest BCUT2D eigenvalue weighted by Crippen LogP contribution is -2.11. The van der Waals surface area contributed by atoms with E-state index in [0.29, 0.717) is 5.56 Å². The van der Waals surface area contributed by atoms with Gasteiger partial charge in [0, 0.05) is 24.4 Å². The molecule has 104 valence electrons. The summed E-state index contributed by atoms with van der Waals surface area (Å²) < 4.78 is 39.9. The molecule has 0 aliphatic rings. The number of halogens is 3. The first-order chi connectivity index (χ1) is 9.38. The van der Waals surface area contributed by atoms with Gasteiger partial charge in [-0.25, -0.2) is 0 Å². The van der Waals surface area contributed by atoms with Crippen molar-refractivity contribution >= 4 is 11.9 Å². The van der Waals surface area contributed by atoms with E-state index in [1.54, 1.807) is 13.2 Å². The Morgan fingerprint density at radius 1 is 1.30 bits per heavy atom. The van der Waals surface area contributed by atoms with Gasteiger partial charge in [0.2, 0.25) is 0 Å². The Labute approximate surface area is 113 Å². The van der Waals surface area contributed by atoms with Crippen LogP contribution in [0, 0.1) is 0 Å². The van der Waals surface area contributed by atoms with Crippen molar-refractivity contribution in [3.05, 3.63) is 59.4 Å². The van der Waals surface area contributed by atoms with Gasteiger partial charge in [0.05, 0.1) is 11.8 Å². The van der Waals surface area contributed by atoms with Crippen LogP contribution in [0.1, 0.15) is 21.5 Å². The fourth-order valence-corrected chi connectivity index (χ4v) is 1.73. The van der Waals surface area contributed by atoms with Gasteiger partial charge in [0.15, 0.2) is 5.78 Å². The Hall–Kier alpha value is -2.37. The van der Waals surface area contributed by atoms with Crippen molar-refractivity contribution in [2.24, 2.45) is 7.05 Å². The third kappa shape index (κ3) is 3.14. The first-order valence-corrected chi connectivity index (χ1v) is 5.75. The molecule has 0 aliphatic carbocycles.